The molecule has 1 aromatic carbocycles. The number of aromatic nitrogens is 1. The van der Waals surface area contributed by atoms with Gasteiger partial charge in [-0.05, 0) is 24.3 Å². The molecule has 0 fully saturated rings. The van der Waals surface area contributed by atoms with Gasteiger partial charge in [0.2, 0.25) is 5.78 Å². The van der Waals surface area contributed by atoms with E-state index >= 15 is 0 Å². The monoisotopic (exact) mass is 285 g/mol. The second-order valence-corrected chi connectivity index (χ2v) is 3.71. The second kappa shape index (κ2) is 5.28. The number of carbonyl (C=O) groups excluding carboxylic acids is 1. The number of rotatable bonds is 3. The van der Waals surface area contributed by atoms with E-state index in [0.717, 1.165) is 18.2 Å². The molecule has 0 N–H and O–H groups in total. The molecule has 7 heteroatoms. The summed E-state index contributed by atoms with van der Waals surface area (Å²) in [6, 6.07) is 6.96. The van der Waals surface area contributed by atoms with Gasteiger partial charge in [-0.2, -0.15) is 0 Å². The first-order valence-electron chi connectivity index (χ1n) is 5.38. The number of nitrogens with zero attached hydrogens (tertiary/aromatic N) is 1. The van der Waals surface area contributed by atoms with Crippen LogP contribution in [0.15, 0.2) is 42.6 Å². The Balaban J connectivity index is 2.43. The first-order valence-corrected chi connectivity index (χ1v) is 5.38. The molecule has 0 aliphatic rings. The zero-order valence-electron chi connectivity index (χ0n) is 9.82. The standard InChI is InChI=1S/C13H7F4NO2/c14-9-5-3-7-18-11(9)12(19)8-4-1-2-6-10(8)20-13(15,16)17/h1-7H. The van der Waals surface area contributed by atoms with Crippen molar-refractivity contribution in [2.24, 2.45) is 0 Å². The van der Waals surface area contributed by atoms with Crippen molar-refractivity contribution < 1.29 is 27.1 Å². The van der Waals surface area contributed by atoms with E-state index in [1.807, 2.05) is 0 Å². The summed E-state index contributed by atoms with van der Waals surface area (Å²) >= 11 is 0. The van der Waals surface area contributed by atoms with Crippen LogP contribution in [0.5, 0.6) is 5.75 Å². The highest BCUT2D eigenvalue weighted by molar-refractivity contribution is 6.09. The molecule has 0 saturated carbocycles. The van der Waals surface area contributed by atoms with Crippen LogP contribution >= 0.6 is 0 Å². The van der Waals surface area contributed by atoms with Crippen molar-refractivity contribution in [1.82, 2.24) is 4.98 Å². The van der Waals surface area contributed by atoms with Gasteiger partial charge in [-0.1, -0.05) is 12.1 Å². The van der Waals surface area contributed by atoms with Gasteiger partial charge in [0.15, 0.2) is 5.82 Å². The predicted molar refractivity (Wildman–Crippen MR) is 60.8 cm³/mol. The Morgan fingerprint density at radius 3 is 2.45 bits per heavy atom. The molecule has 104 valence electrons. The molecule has 2 rings (SSSR count). The van der Waals surface area contributed by atoms with Crippen molar-refractivity contribution in [2.45, 2.75) is 6.36 Å². The lowest BCUT2D eigenvalue weighted by Gasteiger charge is -2.12. The quantitative estimate of drug-likeness (QED) is 0.641. The Bertz CT molecular complexity index is 640. The summed E-state index contributed by atoms with van der Waals surface area (Å²) in [6.45, 7) is 0. The molecule has 0 spiro atoms. The number of pyridine rings is 1. The molecule has 0 saturated heterocycles. The van der Waals surface area contributed by atoms with E-state index in [9.17, 15) is 22.4 Å². The van der Waals surface area contributed by atoms with Crippen LogP contribution in [0.4, 0.5) is 17.6 Å². The molecule has 0 radical (unpaired) electrons. The van der Waals surface area contributed by atoms with Gasteiger partial charge in [0.25, 0.3) is 0 Å². The SMILES string of the molecule is O=C(c1ccccc1OC(F)(F)F)c1ncccc1F. The van der Waals surface area contributed by atoms with Crippen LogP contribution < -0.4 is 4.74 Å². The third kappa shape index (κ3) is 3.11. The molecule has 0 atom stereocenters. The summed E-state index contributed by atoms with van der Waals surface area (Å²) in [6.07, 6.45) is -3.78. The molecule has 1 heterocycles. The lowest BCUT2D eigenvalue weighted by Crippen LogP contribution is -2.19. The third-order valence-corrected chi connectivity index (χ3v) is 2.33. The number of halogens is 4. The van der Waals surface area contributed by atoms with Crippen LogP contribution in [0.2, 0.25) is 0 Å². The Morgan fingerprint density at radius 1 is 1.10 bits per heavy atom. The summed E-state index contributed by atoms with van der Waals surface area (Å²) in [7, 11) is 0. The molecular formula is C13H7F4NO2. The van der Waals surface area contributed by atoms with Crippen molar-refractivity contribution in [3.8, 4) is 5.75 Å². The minimum Gasteiger partial charge on any atom is -0.405 e. The Labute approximate surface area is 110 Å². The fourth-order valence-corrected chi connectivity index (χ4v) is 1.55. The Kier molecular flexibility index (Phi) is 3.69. The number of carbonyl (C=O) groups is 1. The molecule has 2 aromatic rings. The Morgan fingerprint density at radius 2 is 1.80 bits per heavy atom. The van der Waals surface area contributed by atoms with Crippen molar-refractivity contribution in [3.05, 3.63) is 59.7 Å². The molecule has 0 unspecified atom stereocenters. The van der Waals surface area contributed by atoms with Gasteiger partial charge in [0.05, 0.1) is 5.56 Å². The average molecular weight is 285 g/mol. The number of benzene rings is 1. The smallest absolute Gasteiger partial charge is 0.405 e. The highest BCUT2D eigenvalue weighted by Gasteiger charge is 2.33. The van der Waals surface area contributed by atoms with Crippen molar-refractivity contribution in [1.29, 1.82) is 0 Å². The van der Waals surface area contributed by atoms with Crippen LogP contribution in [0, 0.1) is 5.82 Å². The molecule has 0 bridgehead atoms. The highest BCUT2D eigenvalue weighted by Crippen LogP contribution is 2.27. The normalized spacial score (nSPS) is 11.2. The fourth-order valence-electron chi connectivity index (χ4n) is 1.55. The van der Waals surface area contributed by atoms with Gasteiger partial charge in [-0.15, -0.1) is 13.2 Å². The van der Waals surface area contributed by atoms with Crippen LogP contribution in [-0.4, -0.2) is 17.1 Å². The molecule has 20 heavy (non-hydrogen) atoms. The van der Waals surface area contributed by atoms with Gasteiger partial charge in [0.1, 0.15) is 11.4 Å². The molecular weight excluding hydrogens is 278 g/mol. The van der Waals surface area contributed by atoms with E-state index in [2.05, 4.69) is 9.72 Å². The van der Waals surface area contributed by atoms with Gasteiger partial charge in [-0.25, -0.2) is 9.37 Å². The third-order valence-electron chi connectivity index (χ3n) is 2.33. The van der Waals surface area contributed by atoms with Gasteiger partial charge in [-0.3, -0.25) is 4.79 Å². The topological polar surface area (TPSA) is 39.2 Å². The summed E-state index contributed by atoms with van der Waals surface area (Å²) < 4.78 is 53.9. The maximum absolute atomic E-state index is 13.4. The maximum Gasteiger partial charge on any atom is 0.573 e. The molecule has 0 aliphatic heterocycles. The van der Waals surface area contributed by atoms with Crippen LogP contribution in [0.1, 0.15) is 16.1 Å². The van der Waals surface area contributed by atoms with E-state index in [-0.39, 0.29) is 0 Å². The second-order valence-electron chi connectivity index (χ2n) is 3.71. The molecule has 3 nitrogen and oxygen atoms in total. The lowest BCUT2D eigenvalue weighted by molar-refractivity contribution is -0.274. The van der Waals surface area contributed by atoms with Gasteiger partial charge < -0.3 is 4.74 Å². The van der Waals surface area contributed by atoms with Crippen LogP contribution in [0.3, 0.4) is 0 Å². The zero-order valence-corrected chi connectivity index (χ0v) is 9.82. The summed E-state index contributed by atoms with van der Waals surface area (Å²) in [4.78, 5) is 15.6. The van der Waals surface area contributed by atoms with E-state index in [1.165, 1.54) is 24.4 Å². The largest absolute Gasteiger partial charge is 0.573 e. The van der Waals surface area contributed by atoms with Crippen molar-refractivity contribution in [3.63, 3.8) is 0 Å². The number of para-hydroxylation sites is 1. The van der Waals surface area contributed by atoms with Crippen molar-refractivity contribution >= 4 is 5.78 Å². The minimum absolute atomic E-state index is 0.414. The zero-order chi connectivity index (χ0) is 14.8. The van der Waals surface area contributed by atoms with Gasteiger partial charge in [0, 0.05) is 6.20 Å². The Hall–Kier alpha value is -2.44. The summed E-state index contributed by atoms with van der Waals surface area (Å²) in [5.74, 6) is -2.60. The number of hydrogen-bond acceptors (Lipinski definition) is 3. The highest BCUT2D eigenvalue weighted by atomic mass is 19.4. The number of ketones is 1. The van der Waals surface area contributed by atoms with Gasteiger partial charge >= 0.3 is 6.36 Å². The predicted octanol–water partition coefficient (Wildman–Crippen LogP) is 3.35. The number of alkyl halides is 3. The van der Waals surface area contributed by atoms with E-state index in [4.69, 9.17) is 0 Å². The molecule has 1 aromatic heterocycles. The van der Waals surface area contributed by atoms with E-state index in [1.54, 1.807) is 0 Å². The molecule has 0 amide bonds. The first-order chi connectivity index (χ1) is 9.38. The lowest BCUT2D eigenvalue weighted by atomic mass is 10.1. The first kappa shape index (κ1) is 14.0. The van der Waals surface area contributed by atoms with E-state index < -0.39 is 35.0 Å². The molecule has 0 aliphatic carbocycles. The van der Waals surface area contributed by atoms with Crippen LogP contribution in [0.25, 0.3) is 0 Å². The maximum atomic E-state index is 13.4. The van der Waals surface area contributed by atoms with Crippen LogP contribution in [-0.2, 0) is 0 Å². The summed E-state index contributed by atoms with van der Waals surface area (Å²) in [5.41, 5.74) is -0.979. The van der Waals surface area contributed by atoms with Crippen molar-refractivity contribution in [2.75, 3.05) is 0 Å². The average Bonchev–Trinajstić information content (AvgIpc) is 2.37. The fraction of sp³-hybridized carbons (Fsp3) is 0.0769. The number of hydrogen-bond donors (Lipinski definition) is 0. The minimum atomic E-state index is -4.95. The number of ether oxygens (including phenoxy) is 1. The summed E-state index contributed by atoms with van der Waals surface area (Å²) in [5, 5.41) is 0. The van der Waals surface area contributed by atoms with E-state index in [0.29, 0.717) is 0 Å².